The quantitative estimate of drug-likeness (QED) is 0.882. The van der Waals surface area contributed by atoms with Crippen LogP contribution in [0.25, 0.3) is 11.0 Å². The van der Waals surface area contributed by atoms with Crippen molar-refractivity contribution in [1.82, 2.24) is 10.5 Å². The summed E-state index contributed by atoms with van der Waals surface area (Å²) >= 11 is 0. The van der Waals surface area contributed by atoms with Crippen molar-refractivity contribution >= 4 is 11.0 Å². The third-order valence-corrected chi connectivity index (χ3v) is 4.31. The zero-order valence-electron chi connectivity index (χ0n) is 11.1. The Morgan fingerprint density at radius 1 is 1.33 bits per heavy atom. The van der Waals surface area contributed by atoms with Crippen LogP contribution in [0.3, 0.4) is 0 Å². The summed E-state index contributed by atoms with van der Waals surface area (Å²) in [7, 11) is 0. The molecule has 1 unspecified atom stereocenters. The van der Waals surface area contributed by atoms with E-state index in [0.29, 0.717) is 5.92 Å². The molecule has 1 aliphatic rings. The van der Waals surface area contributed by atoms with Crippen molar-refractivity contribution in [2.75, 3.05) is 13.1 Å². The number of hydrogen-bond donors (Lipinski definition) is 1. The monoisotopic (exact) mass is 244 g/mol. The van der Waals surface area contributed by atoms with Gasteiger partial charge in [0.15, 0.2) is 5.58 Å². The van der Waals surface area contributed by atoms with Crippen LogP contribution in [0, 0.1) is 5.92 Å². The summed E-state index contributed by atoms with van der Waals surface area (Å²) in [5.41, 5.74) is 2.05. The van der Waals surface area contributed by atoms with Crippen LogP contribution >= 0.6 is 0 Å². The molecule has 1 fully saturated rings. The average Bonchev–Trinajstić information content (AvgIpc) is 2.84. The molecule has 3 nitrogen and oxygen atoms in total. The highest BCUT2D eigenvalue weighted by molar-refractivity contribution is 5.80. The van der Waals surface area contributed by atoms with E-state index in [9.17, 15) is 0 Å². The molecule has 3 rings (SSSR count). The largest absolute Gasteiger partial charge is 0.356 e. The first-order chi connectivity index (χ1) is 8.69. The summed E-state index contributed by atoms with van der Waals surface area (Å²) in [5.74, 6) is 0.625. The van der Waals surface area contributed by atoms with Crippen LogP contribution in [0.4, 0.5) is 0 Å². The second-order valence-corrected chi connectivity index (χ2v) is 5.79. The number of nitrogens with zero attached hydrogens (tertiary/aromatic N) is 1. The van der Waals surface area contributed by atoms with Gasteiger partial charge in [-0.3, -0.25) is 0 Å². The highest BCUT2D eigenvalue weighted by Crippen LogP contribution is 2.38. The lowest BCUT2D eigenvalue weighted by Crippen LogP contribution is -2.41. The van der Waals surface area contributed by atoms with Crippen molar-refractivity contribution in [1.29, 1.82) is 0 Å². The van der Waals surface area contributed by atoms with Crippen LogP contribution < -0.4 is 5.32 Å². The standard InChI is InChI=1S/C15H20N2O/c1-15(2,11-6-5-9-16-10-11)14-12-7-3-4-8-13(12)18-17-14/h3-4,7-8,11,16H,5-6,9-10H2,1-2H3. The summed E-state index contributed by atoms with van der Waals surface area (Å²) in [6.07, 6.45) is 2.52. The van der Waals surface area contributed by atoms with E-state index in [1.54, 1.807) is 0 Å². The maximum atomic E-state index is 5.46. The second-order valence-electron chi connectivity index (χ2n) is 5.79. The molecule has 0 radical (unpaired) electrons. The molecule has 1 N–H and O–H groups in total. The lowest BCUT2D eigenvalue weighted by molar-refractivity contribution is 0.240. The van der Waals surface area contributed by atoms with Gasteiger partial charge >= 0.3 is 0 Å². The Kier molecular flexibility index (Phi) is 2.86. The lowest BCUT2D eigenvalue weighted by atomic mass is 9.72. The first kappa shape index (κ1) is 11.7. The van der Waals surface area contributed by atoms with Crippen LogP contribution in [0.1, 0.15) is 32.4 Å². The number of benzene rings is 1. The molecule has 2 heterocycles. The highest BCUT2D eigenvalue weighted by atomic mass is 16.5. The Balaban J connectivity index is 2.01. The minimum atomic E-state index is 0.0556. The van der Waals surface area contributed by atoms with E-state index in [-0.39, 0.29) is 5.41 Å². The van der Waals surface area contributed by atoms with Crippen molar-refractivity contribution in [3.8, 4) is 0 Å². The van der Waals surface area contributed by atoms with Gasteiger partial charge in [-0.2, -0.15) is 0 Å². The zero-order valence-corrected chi connectivity index (χ0v) is 11.1. The summed E-state index contributed by atoms with van der Waals surface area (Å²) < 4.78 is 5.46. The summed E-state index contributed by atoms with van der Waals surface area (Å²) in [4.78, 5) is 0. The Labute approximate surface area is 108 Å². The number of fused-ring (bicyclic) bond motifs is 1. The minimum Gasteiger partial charge on any atom is -0.356 e. The number of hydrogen-bond acceptors (Lipinski definition) is 3. The smallest absolute Gasteiger partial charge is 0.167 e. The number of piperidine rings is 1. The molecule has 18 heavy (non-hydrogen) atoms. The van der Waals surface area contributed by atoms with E-state index in [0.717, 1.165) is 29.8 Å². The molecule has 1 aromatic carbocycles. The molecule has 1 aromatic heterocycles. The van der Waals surface area contributed by atoms with Crippen LogP contribution in [0.2, 0.25) is 0 Å². The fourth-order valence-electron chi connectivity index (χ4n) is 3.01. The summed E-state index contributed by atoms with van der Waals surface area (Å²) in [6, 6.07) is 8.14. The Hall–Kier alpha value is -1.35. The number of para-hydroxylation sites is 1. The molecule has 0 bridgehead atoms. The predicted octanol–water partition coefficient (Wildman–Crippen LogP) is 3.11. The molecule has 0 aliphatic carbocycles. The molecule has 2 aromatic rings. The van der Waals surface area contributed by atoms with Gasteiger partial charge in [-0.1, -0.05) is 31.1 Å². The van der Waals surface area contributed by atoms with Crippen molar-refractivity contribution in [2.45, 2.75) is 32.1 Å². The molecular weight excluding hydrogens is 224 g/mol. The molecule has 96 valence electrons. The Morgan fingerprint density at radius 2 is 2.17 bits per heavy atom. The van der Waals surface area contributed by atoms with Crippen molar-refractivity contribution in [3.05, 3.63) is 30.0 Å². The SMILES string of the molecule is CC(C)(c1noc2ccccc12)C1CCCNC1. The average molecular weight is 244 g/mol. The number of nitrogens with one attached hydrogen (secondary N) is 1. The van der Waals surface area contributed by atoms with Gasteiger partial charge in [-0.15, -0.1) is 0 Å². The molecule has 0 amide bonds. The minimum absolute atomic E-state index is 0.0556. The zero-order chi connectivity index (χ0) is 12.6. The molecule has 0 saturated carbocycles. The van der Waals surface area contributed by atoms with Gasteiger partial charge in [0.05, 0.1) is 5.69 Å². The van der Waals surface area contributed by atoms with Gasteiger partial charge in [0, 0.05) is 10.8 Å². The van der Waals surface area contributed by atoms with Gasteiger partial charge in [0.2, 0.25) is 0 Å². The van der Waals surface area contributed by atoms with Crippen LogP contribution in [-0.2, 0) is 5.41 Å². The Bertz CT molecular complexity index is 538. The fraction of sp³-hybridized carbons (Fsp3) is 0.533. The summed E-state index contributed by atoms with van der Waals surface area (Å²) in [5, 5.41) is 8.99. The summed E-state index contributed by atoms with van der Waals surface area (Å²) in [6.45, 7) is 6.80. The van der Waals surface area contributed by atoms with Crippen LogP contribution in [-0.4, -0.2) is 18.2 Å². The number of aromatic nitrogens is 1. The molecule has 1 atom stereocenters. The van der Waals surface area contributed by atoms with E-state index < -0.39 is 0 Å². The fourth-order valence-corrected chi connectivity index (χ4v) is 3.01. The van der Waals surface area contributed by atoms with E-state index in [1.165, 1.54) is 12.8 Å². The number of rotatable bonds is 2. The van der Waals surface area contributed by atoms with Gasteiger partial charge in [-0.25, -0.2) is 0 Å². The van der Waals surface area contributed by atoms with E-state index >= 15 is 0 Å². The van der Waals surface area contributed by atoms with Gasteiger partial charge in [-0.05, 0) is 44.0 Å². The van der Waals surface area contributed by atoms with Gasteiger partial charge in [0.1, 0.15) is 0 Å². The van der Waals surface area contributed by atoms with Crippen molar-refractivity contribution in [3.63, 3.8) is 0 Å². The van der Waals surface area contributed by atoms with E-state index in [4.69, 9.17) is 4.52 Å². The van der Waals surface area contributed by atoms with Crippen molar-refractivity contribution in [2.24, 2.45) is 5.92 Å². The van der Waals surface area contributed by atoms with Crippen molar-refractivity contribution < 1.29 is 4.52 Å². The second kappa shape index (κ2) is 4.39. The first-order valence-electron chi connectivity index (χ1n) is 6.75. The van der Waals surface area contributed by atoms with Crippen LogP contribution in [0.5, 0.6) is 0 Å². The molecule has 1 saturated heterocycles. The maximum Gasteiger partial charge on any atom is 0.167 e. The third kappa shape index (κ3) is 1.83. The Morgan fingerprint density at radius 3 is 2.94 bits per heavy atom. The molecule has 3 heteroatoms. The normalized spacial score (nSPS) is 21.3. The highest BCUT2D eigenvalue weighted by Gasteiger charge is 2.36. The topological polar surface area (TPSA) is 38.1 Å². The molecule has 0 spiro atoms. The van der Waals surface area contributed by atoms with Gasteiger partial charge in [0.25, 0.3) is 0 Å². The van der Waals surface area contributed by atoms with Crippen LogP contribution in [0.15, 0.2) is 28.8 Å². The van der Waals surface area contributed by atoms with E-state index in [2.05, 4.69) is 36.5 Å². The van der Waals surface area contributed by atoms with Gasteiger partial charge < -0.3 is 9.84 Å². The lowest BCUT2D eigenvalue weighted by Gasteiger charge is -2.36. The predicted molar refractivity (Wildman–Crippen MR) is 72.6 cm³/mol. The van der Waals surface area contributed by atoms with E-state index in [1.807, 2.05) is 12.1 Å². The molecule has 1 aliphatic heterocycles. The maximum absolute atomic E-state index is 5.46. The third-order valence-electron chi connectivity index (χ3n) is 4.31. The molecular formula is C15H20N2O. The first-order valence-corrected chi connectivity index (χ1v) is 6.75.